The van der Waals surface area contributed by atoms with Gasteiger partial charge in [0.2, 0.25) is 12.2 Å². The van der Waals surface area contributed by atoms with Gasteiger partial charge in [0.05, 0.1) is 18.8 Å². The molecular formula is C16H27NO11. The molecule has 0 saturated carbocycles. The Kier molecular flexibility index (Phi) is 8.09. The smallest absolute Gasteiger partial charge is 0.295 e. The second-order valence-corrected chi connectivity index (χ2v) is 6.67. The molecule has 1 amide bonds. The van der Waals surface area contributed by atoms with Gasteiger partial charge in [-0.25, -0.2) is 0 Å². The first-order valence-electron chi connectivity index (χ1n) is 8.75. The molecule has 12 heteroatoms. The van der Waals surface area contributed by atoms with Gasteiger partial charge in [-0.15, -0.1) is 0 Å². The van der Waals surface area contributed by atoms with E-state index in [0.717, 1.165) is 0 Å². The molecule has 12 nitrogen and oxygen atoms in total. The minimum Gasteiger partial charge on any atom is -0.435 e. The van der Waals surface area contributed by atoms with Crippen LogP contribution in [0.5, 0.6) is 0 Å². The number of hydrogen-bond acceptors (Lipinski definition) is 11. The molecule has 28 heavy (non-hydrogen) atoms. The third-order valence-corrected chi connectivity index (χ3v) is 4.77. The summed E-state index contributed by atoms with van der Waals surface area (Å²) in [6.45, 7) is 2.45. The number of aliphatic hydroxyl groups is 4. The summed E-state index contributed by atoms with van der Waals surface area (Å²) in [5, 5.41) is 43.1. The van der Waals surface area contributed by atoms with Crippen LogP contribution in [0, 0.1) is 0 Å². The molecule has 0 spiro atoms. The number of amides is 1. The minimum absolute atomic E-state index is 0.0887. The van der Waals surface area contributed by atoms with Gasteiger partial charge in [-0.3, -0.25) is 9.59 Å². The first-order chi connectivity index (χ1) is 13.2. The second-order valence-electron chi connectivity index (χ2n) is 6.67. The van der Waals surface area contributed by atoms with Crippen molar-refractivity contribution in [1.82, 2.24) is 5.32 Å². The summed E-state index contributed by atoms with van der Waals surface area (Å²) in [4.78, 5) is 22.2. The van der Waals surface area contributed by atoms with Gasteiger partial charge in [0, 0.05) is 14.0 Å². The summed E-state index contributed by atoms with van der Waals surface area (Å²) in [5.74, 6) is -0.421. The molecule has 0 aromatic rings. The molecule has 0 aliphatic carbocycles. The molecule has 162 valence electrons. The lowest BCUT2D eigenvalue weighted by Crippen LogP contribution is -2.67. The van der Waals surface area contributed by atoms with E-state index < -0.39 is 73.9 Å². The van der Waals surface area contributed by atoms with Crippen molar-refractivity contribution >= 4 is 12.4 Å². The molecule has 6 unspecified atom stereocenters. The van der Waals surface area contributed by atoms with Crippen molar-refractivity contribution in [3.05, 3.63) is 0 Å². The van der Waals surface area contributed by atoms with Crippen LogP contribution in [0.1, 0.15) is 13.8 Å². The van der Waals surface area contributed by atoms with Crippen LogP contribution in [-0.4, -0.2) is 108 Å². The second kappa shape index (κ2) is 9.89. The maximum Gasteiger partial charge on any atom is 0.295 e. The number of nitrogens with one attached hydrogen (secondary N) is 1. The Morgan fingerprint density at radius 1 is 1.11 bits per heavy atom. The van der Waals surface area contributed by atoms with Crippen molar-refractivity contribution in [1.29, 1.82) is 0 Å². The van der Waals surface area contributed by atoms with E-state index in [1.165, 1.54) is 14.0 Å². The SMILES string of the molecule is CO[C@@H]1C(OC=O)O[C@@H](OC2C(NC(C)=O)[C@H](C)OC(CO)[C@@H]2O)C(O)C1O. The number of hydrogen-bond donors (Lipinski definition) is 5. The zero-order valence-electron chi connectivity index (χ0n) is 15.7. The topological polar surface area (TPSA) is 173 Å². The fourth-order valence-electron chi connectivity index (χ4n) is 3.37. The van der Waals surface area contributed by atoms with Gasteiger partial charge in [-0.05, 0) is 6.92 Å². The Bertz CT molecular complexity index is 535. The van der Waals surface area contributed by atoms with Crippen molar-refractivity contribution in [2.45, 2.75) is 75.2 Å². The molecule has 2 heterocycles. The van der Waals surface area contributed by atoms with Crippen LogP contribution in [0.3, 0.4) is 0 Å². The molecule has 2 aliphatic heterocycles. The van der Waals surface area contributed by atoms with Gasteiger partial charge in [0.15, 0.2) is 6.29 Å². The first-order valence-corrected chi connectivity index (χ1v) is 8.75. The lowest BCUT2D eigenvalue weighted by Gasteiger charge is -2.47. The Balaban J connectivity index is 2.24. The molecule has 5 N–H and O–H groups in total. The van der Waals surface area contributed by atoms with Crippen molar-refractivity contribution in [2.75, 3.05) is 13.7 Å². The maximum absolute atomic E-state index is 11.5. The molecule has 2 rings (SSSR count). The summed E-state index contributed by atoms with van der Waals surface area (Å²) in [7, 11) is 1.23. The zero-order valence-corrected chi connectivity index (χ0v) is 15.7. The van der Waals surface area contributed by atoms with Crippen LogP contribution >= 0.6 is 0 Å². The summed E-state index contributed by atoms with van der Waals surface area (Å²) in [5.41, 5.74) is 0. The highest BCUT2D eigenvalue weighted by atomic mass is 16.8. The van der Waals surface area contributed by atoms with Crippen LogP contribution in [0.4, 0.5) is 0 Å². The Morgan fingerprint density at radius 2 is 1.79 bits per heavy atom. The van der Waals surface area contributed by atoms with Crippen molar-refractivity contribution < 1.29 is 53.7 Å². The fourth-order valence-corrected chi connectivity index (χ4v) is 3.37. The molecule has 0 aromatic heterocycles. The van der Waals surface area contributed by atoms with E-state index >= 15 is 0 Å². The highest BCUT2D eigenvalue weighted by Gasteiger charge is 2.51. The van der Waals surface area contributed by atoms with Crippen LogP contribution < -0.4 is 5.32 Å². The molecule has 0 radical (unpaired) electrons. The average molecular weight is 409 g/mol. The van der Waals surface area contributed by atoms with Crippen molar-refractivity contribution in [3.63, 3.8) is 0 Å². The zero-order chi connectivity index (χ0) is 21.0. The van der Waals surface area contributed by atoms with E-state index in [1.54, 1.807) is 6.92 Å². The summed E-state index contributed by atoms with van der Waals surface area (Å²) in [6.07, 6.45) is -11.5. The Labute approximate surface area is 161 Å². The fraction of sp³-hybridized carbons (Fsp3) is 0.875. The van der Waals surface area contributed by atoms with Gasteiger partial charge in [0.25, 0.3) is 6.47 Å². The third kappa shape index (κ3) is 4.78. The summed E-state index contributed by atoms with van der Waals surface area (Å²) < 4.78 is 26.3. The van der Waals surface area contributed by atoms with Gasteiger partial charge in [-0.2, -0.15) is 0 Å². The van der Waals surface area contributed by atoms with E-state index in [4.69, 9.17) is 23.7 Å². The van der Waals surface area contributed by atoms with Crippen molar-refractivity contribution in [3.8, 4) is 0 Å². The number of aliphatic hydroxyl groups excluding tert-OH is 4. The number of rotatable bonds is 7. The normalized spacial score (nSPS) is 44.0. The van der Waals surface area contributed by atoms with Crippen LogP contribution in [-0.2, 0) is 33.3 Å². The monoisotopic (exact) mass is 409 g/mol. The molecule has 0 aromatic carbocycles. The van der Waals surface area contributed by atoms with Crippen molar-refractivity contribution in [2.24, 2.45) is 0 Å². The number of methoxy groups -OCH3 is 1. The van der Waals surface area contributed by atoms with E-state index in [0.29, 0.717) is 0 Å². The van der Waals surface area contributed by atoms with E-state index in [9.17, 15) is 30.0 Å². The average Bonchev–Trinajstić information content (AvgIpc) is 2.64. The van der Waals surface area contributed by atoms with Gasteiger partial charge in [-0.1, -0.05) is 0 Å². The predicted octanol–water partition coefficient (Wildman–Crippen LogP) is -3.39. The Morgan fingerprint density at radius 3 is 2.32 bits per heavy atom. The van der Waals surface area contributed by atoms with Crippen LogP contribution in [0.25, 0.3) is 0 Å². The maximum atomic E-state index is 11.5. The van der Waals surface area contributed by atoms with E-state index in [2.05, 4.69) is 5.32 Å². The predicted molar refractivity (Wildman–Crippen MR) is 88.5 cm³/mol. The van der Waals surface area contributed by atoms with Gasteiger partial charge in [0.1, 0.15) is 36.6 Å². The standard InChI is InChI=1S/C16H27NO11/c1-6-9(17-7(2)20)13(10(21)8(4-18)26-6)27-15-12(23)11(22)14(24-3)16(28-15)25-5-19/h5-6,8-16,18,21-23H,4H2,1-3H3,(H,17,20)/t6-,8?,9?,10-,11?,12?,13?,14-,15+,16?/m0/s1. The van der Waals surface area contributed by atoms with Crippen LogP contribution in [0.2, 0.25) is 0 Å². The highest BCUT2D eigenvalue weighted by molar-refractivity contribution is 5.73. The molecule has 2 fully saturated rings. The number of carbonyl (C=O) groups is 2. The third-order valence-electron chi connectivity index (χ3n) is 4.77. The van der Waals surface area contributed by atoms with E-state index in [1.807, 2.05) is 0 Å². The van der Waals surface area contributed by atoms with E-state index in [-0.39, 0.29) is 6.47 Å². The lowest BCUT2D eigenvalue weighted by molar-refractivity contribution is -0.362. The summed E-state index contributed by atoms with van der Waals surface area (Å²) >= 11 is 0. The minimum atomic E-state index is -1.62. The molecule has 2 aliphatic rings. The molecule has 0 bridgehead atoms. The molecule has 2 saturated heterocycles. The first kappa shape index (κ1) is 22.9. The quantitative estimate of drug-likeness (QED) is 0.265. The summed E-state index contributed by atoms with van der Waals surface area (Å²) in [6, 6.07) is -0.853. The number of ether oxygens (including phenoxy) is 5. The van der Waals surface area contributed by atoms with Gasteiger partial charge >= 0.3 is 0 Å². The lowest BCUT2D eigenvalue weighted by atomic mass is 9.92. The highest BCUT2D eigenvalue weighted by Crippen LogP contribution is 2.30. The van der Waals surface area contributed by atoms with Gasteiger partial charge < -0.3 is 49.4 Å². The van der Waals surface area contributed by atoms with Crippen LogP contribution in [0.15, 0.2) is 0 Å². The Hall–Kier alpha value is -1.38. The number of carbonyl (C=O) groups excluding carboxylic acids is 2. The largest absolute Gasteiger partial charge is 0.435 e. The molecule has 10 atom stereocenters. The molecular weight excluding hydrogens is 382 g/mol.